The normalized spacial score (nSPS) is 11.0. The van der Waals surface area contributed by atoms with Crippen LogP contribution in [0.4, 0.5) is 5.13 Å². The van der Waals surface area contributed by atoms with E-state index in [9.17, 15) is 4.79 Å². The van der Waals surface area contributed by atoms with E-state index < -0.39 is 0 Å². The second kappa shape index (κ2) is 11.0. The quantitative estimate of drug-likeness (QED) is 0.189. The van der Waals surface area contributed by atoms with Gasteiger partial charge >= 0.3 is 0 Å². The molecular formula is C25H24ClN3O2S2. The molecule has 33 heavy (non-hydrogen) atoms. The van der Waals surface area contributed by atoms with Crippen molar-refractivity contribution in [1.82, 2.24) is 9.97 Å². The molecule has 0 N–H and O–H groups in total. The highest BCUT2D eigenvalue weighted by molar-refractivity contribution is 7.99. The van der Waals surface area contributed by atoms with E-state index in [0.717, 1.165) is 22.4 Å². The second-order valence-corrected chi connectivity index (χ2v) is 10.1. The Morgan fingerprint density at radius 2 is 1.88 bits per heavy atom. The Labute approximate surface area is 206 Å². The predicted molar refractivity (Wildman–Crippen MR) is 138 cm³/mol. The number of fused-ring (bicyclic) bond motifs is 1. The lowest BCUT2D eigenvalue weighted by atomic mass is 10.2. The lowest BCUT2D eigenvalue weighted by Gasteiger charge is -2.20. The van der Waals surface area contributed by atoms with Crippen LogP contribution in [-0.4, -0.2) is 28.7 Å². The largest absolute Gasteiger partial charge is 0.494 e. The van der Waals surface area contributed by atoms with Gasteiger partial charge in [-0.2, -0.15) is 0 Å². The molecular weight excluding hydrogens is 474 g/mol. The number of anilines is 1. The Hall–Kier alpha value is -2.61. The van der Waals surface area contributed by atoms with E-state index in [1.54, 1.807) is 48.3 Å². The fraction of sp³-hybridized carbons (Fsp3) is 0.240. The summed E-state index contributed by atoms with van der Waals surface area (Å²) in [6.07, 6.45) is 4.67. The van der Waals surface area contributed by atoms with Gasteiger partial charge in [0, 0.05) is 23.7 Å². The first-order valence-corrected chi connectivity index (χ1v) is 12.7. The van der Waals surface area contributed by atoms with Gasteiger partial charge in [0.05, 0.1) is 23.4 Å². The summed E-state index contributed by atoms with van der Waals surface area (Å²) in [7, 11) is 1.60. The van der Waals surface area contributed by atoms with E-state index in [2.05, 4.69) is 36.2 Å². The molecule has 5 nitrogen and oxygen atoms in total. The number of nitrogens with zero attached hydrogens (tertiary/aromatic N) is 3. The summed E-state index contributed by atoms with van der Waals surface area (Å²) in [5.74, 6) is 1.55. The zero-order valence-electron chi connectivity index (χ0n) is 18.5. The van der Waals surface area contributed by atoms with Crippen LogP contribution < -0.4 is 9.64 Å². The molecule has 0 aliphatic heterocycles. The van der Waals surface area contributed by atoms with Crippen LogP contribution in [0.1, 0.15) is 24.0 Å². The van der Waals surface area contributed by atoms with Crippen molar-refractivity contribution in [2.24, 2.45) is 0 Å². The van der Waals surface area contributed by atoms with Gasteiger partial charge in [-0.25, -0.2) is 4.98 Å². The molecule has 0 saturated carbocycles. The van der Waals surface area contributed by atoms with Crippen LogP contribution >= 0.6 is 34.7 Å². The van der Waals surface area contributed by atoms with E-state index in [1.807, 2.05) is 12.1 Å². The predicted octanol–water partition coefficient (Wildman–Crippen LogP) is 6.77. The lowest BCUT2D eigenvalue weighted by Crippen LogP contribution is -2.30. The van der Waals surface area contributed by atoms with Crippen molar-refractivity contribution in [3.63, 3.8) is 0 Å². The first-order chi connectivity index (χ1) is 16.0. The highest BCUT2D eigenvalue weighted by Crippen LogP contribution is 2.39. The number of hydrogen-bond acceptors (Lipinski definition) is 6. The van der Waals surface area contributed by atoms with Gasteiger partial charge < -0.3 is 4.74 Å². The molecule has 8 heteroatoms. The summed E-state index contributed by atoms with van der Waals surface area (Å²) in [5, 5.41) is 1.21. The minimum absolute atomic E-state index is 0.0328. The number of ether oxygens (including phenoxy) is 1. The topological polar surface area (TPSA) is 55.3 Å². The Morgan fingerprint density at radius 1 is 1.12 bits per heavy atom. The van der Waals surface area contributed by atoms with Crippen LogP contribution in [0.25, 0.3) is 10.2 Å². The van der Waals surface area contributed by atoms with Gasteiger partial charge in [0.1, 0.15) is 11.3 Å². The third-order valence-electron chi connectivity index (χ3n) is 5.11. The van der Waals surface area contributed by atoms with Crippen molar-refractivity contribution >= 4 is 56.0 Å². The van der Waals surface area contributed by atoms with Gasteiger partial charge in [-0.05, 0) is 61.1 Å². The third kappa shape index (κ3) is 5.85. The van der Waals surface area contributed by atoms with E-state index >= 15 is 0 Å². The Bertz CT molecular complexity index is 1230. The monoisotopic (exact) mass is 497 g/mol. The molecule has 1 amide bonds. The average Bonchev–Trinajstić information content (AvgIpc) is 3.28. The van der Waals surface area contributed by atoms with Crippen LogP contribution in [0.2, 0.25) is 5.02 Å². The molecule has 0 aliphatic carbocycles. The minimum Gasteiger partial charge on any atom is -0.494 e. The molecule has 0 unspecified atom stereocenters. The standard InChI is InChI=1S/C25H24ClN3O2S2/c1-17-5-7-19(8-6-17)32-15-3-4-22(30)29(16-18-11-13-27-14-12-18)25-28-23-21(31-2)10-9-20(26)24(23)33-25/h5-14H,3-4,15-16H2,1-2H3. The molecule has 0 atom stereocenters. The van der Waals surface area contributed by atoms with Crippen LogP contribution in [0.5, 0.6) is 5.75 Å². The van der Waals surface area contributed by atoms with Gasteiger partial charge in [0.25, 0.3) is 0 Å². The number of hydrogen-bond donors (Lipinski definition) is 0. The Kier molecular flexibility index (Phi) is 7.85. The first-order valence-electron chi connectivity index (χ1n) is 10.6. The van der Waals surface area contributed by atoms with Crippen molar-refractivity contribution in [2.75, 3.05) is 17.8 Å². The number of rotatable bonds is 9. The van der Waals surface area contributed by atoms with Crippen LogP contribution in [0, 0.1) is 6.92 Å². The van der Waals surface area contributed by atoms with Gasteiger partial charge in [-0.3, -0.25) is 14.7 Å². The Balaban J connectivity index is 1.52. The second-order valence-electron chi connectivity index (χ2n) is 7.52. The van der Waals surface area contributed by atoms with Crippen molar-refractivity contribution in [3.05, 3.63) is 77.1 Å². The number of thioether (sulfide) groups is 1. The number of benzene rings is 2. The maximum Gasteiger partial charge on any atom is 0.229 e. The van der Waals surface area contributed by atoms with E-state index in [-0.39, 0.29) is 5.91 Å². The molecule has 0 bridgehead atoms. The number of methoxy groups -OCH3 is 1. The van der Waals surface area contributed by atoms with Crippen LogP contribution in [0.15, 0.2) is 65.8 Å². The van der Waals surface area contributed by atoms with E-state index in [0.29, 0.717) is 34.4 Å². The number of carbonyl (C=O) groups is 1. The van der Waals surface area contributed by atoms with Gasteiger partial charge in [0.15, 0.2) is 5.13 Å². The number of thiazole rings is 1. The van der Waals surface area contributed by atoms with Crippen molar-refractivity contribution in [2.45, 2.75) is 31.2 Å². The summed E-state index contributed by atoms with van der Waals surface area (Å²) < 4.78 is 6.27. The zero-order valence-corrected chi connectivity index (χ0v) is 20.8. The van der Waals surface area contributed by atoms with Crippen LogP contribution in [0.3, 0.4) is 0 Å². The molecule has 0 aliphatic rings. The molecule has 2 aromatic carbocycles. The SMILES string of the molecule is COc1ccc(Cl)c2sc(N(Cc3ccncc3)C(=O)CCCSc3ccc(C)cc3)nc12. The van der Waals surface area contributed by atoms with Gasteiger partial charge in [-0.1, -0.05) is 40.6 Å². The number of halogens is 1. The van der Waals surface area contributed by atoms with Crippen LogP contribution in [-0.2, 0) is 11.3 Å². The maximum atomic E-state index is 13.3. The molecule has 0 saturated heterocycles. The number of aromatic nitrogens is 2. The molecule has 0 fully saturated rings. The summed E-state index contributed by atoms with van der Waals surface area (Å²) in [6, 6.07) is 15.9. The third-order valence-corrected chi connectivity index (χ3v) is 7.75. The maximum absolute atomic E-state index is 13.3. The summed E-state index contributed by atoms with van der Waals surface area (Å²) in [5.41, 5.74) is 2.91. The number of carbonyl (C=O) groups excluding carboxylic acids is 1. The number of pyridine rings is 1. The highest BCUT2D eigenvalue weighted by Gasteiger charge is 2.22. The molecule has 0 radical (unpaired) electrons. The van der Waals surface area contributed by atoms with Crippen molar-refractivity contribution in [1.29, 1.82) is 0 Å². The smallest absolute Gasteiger partial charge is 0.229 e. The van der Waals surface area contributed by atoms with E-state index in [1.165, 1.54) is 21.8 Å². The average molecular weight is 498 g/mol. The molecule has 4 aromatic rings. The lowest BCUT2D eigenvalue weighted by molar-refractivity contribution is -0.118. The van der Waals surface area contributed by atoms with E-state index in [4.69, 9.17) is 21.3 Å². The fourth-order valence-electron chi connectivity index (χ4n) is 3.34. The minimum atomic E-state index is 0.0328. The summed E-state index contributed by atoms with van der Waals surface area (Å²) in [4.78, 5) is 25.1. The van der Waals surface area contributed by atoms with Gasteiger partial charge in [-0.15, -0.1) is 11.8 Å². The summed E-state index contributed by atoms with van der Waals surface area (Å²) in [6.45, 7) is 2.50. The van der Waals surface area contributed by atoms with Crippen molar-refractivity contribution < 1.29 is 9.53 Å². The molecule has 2 aromatic heterocycles. The number of amides is 1. The number of aryl methyl sites for hydroxylation is 1. The Morgan fingerprint density at radius 3 is 2.61 bits per heavy atom. The first kappa shape index (κ1) is 23.5. The van der Waals surface area contributed by atoms with Crippen molar-refractivity contribution in [3.8, 4) is 5.75 Å². The fourth-order valence-corrected chi connectivity index (χ4v) is 5.46. The molecule has 0 spiro atoms. The molecule has 2 heterocycles. The molecule has 4 rings (SSSR count). The zero-order chi connectivity index (χ0) is 23.2. The summed E-state index contributed by atoms with van der Waals surface area (Å²) >= 11 is 9.59. The van der Waals surface area contributed by atoms with Gasteiger partial charge in [0.2, 0.25) is 5.91 Å². The highest BCUT2D eigenvalue weighted by atomic mass is 35.5. The molecule has 170 valence electrons.